The molecule has 0 saturated heterocycles. The molecule has 1 saturated carbocycles. The van der Waals surface area contributed by atoms with E-state index in [1.54, 1.807) is 19.2 Å². The van der Waals surface area contributed by atoms with E-state index < -0.39 is 6.10 Å². The molecule has 3 aromatic rings. The zero-order chi connectivity index (χ0) is 23.0. The maximum atomic E-state index is 9.96. The number of aryl methyl sites for hydroxylation is 2. The highest BCUT2D eigenvalue weighted by atomic mass is 35.5. The zero-order valence-corrected chi connectivity index (χ0v) is 19.9. The Kier molecular flexibility index (Phi) is 6.25. The lowest BCUT2D eigenvalue weighted by atomic mass is 9.95. The molecule has 2 heterocycles. The van der Waals surface area contributed by atoms with Gasteiger partial charge in [-0.1, -0.05) is 23.7 Å². The fraction of sp³-hybridized carbons (Fsp3) is 0.458. The van der Waals surface area contributed by atoms with Crippen molar-refractivity contribution in [2.45, 2.75) is 52.1 Å². The summed E-state index contributed by atoms with van der Waals surface area (Å²) in [5, 5.41) is 17.5. The van der Waals surface area contributed by atoms with Gasteiger partial charge in [0.05, 0.1) is 27.7 Å². The van der Waals surface area contributed by atoms with Crippen LogP contribution in [-0.4, -0.2) is 46.5 Å². The number of aromatic nitrogens is 3. The quantitative estimate of drug-likeness (QED) is 0.519. The standard InChI is InChI=1S/C24H29ClN4O3/c1-13-21(20-14(2)29-32-15(20)3)27-23(28-22(13)24(4)8-9-24)18-10-17(6-7-19(18)25)31-12-16(30)11-26-5/h6-7,10,16,26,30H,8-9,11-12H2,1-5H3/t16-/m1/s1. The SMILES string of the molecule is CNC[C@@H](O)COc1ccc(Cl)c(-c2nc(-c3c(C)noc3C)c(C)c(C3(C)CC3)n2)c1. The van der Waals surface area contributed by atoms with Crippen LogP contribution in [0.25, 0.3) is 22.6 Å². The van der Waals surface area contributed by atoms with Gasteiger partial charge in [-0.15, -0.1) is 0 Å². The second kappa shape index (κ2) is 8.81. The molecular weight excluding hydrogens is 428 g/mol. The summed E-state index contributed by atoms with van der Waals surface area (Å²) in [5.74, 6) is 1.87. The Labute approximate surface area is 193 Å². The maximum absolute atomic E-state index is 9.96. The lowest BCUT2D eigenvalue weighted by Crippen LogP contribution is -2.29. The molecule has 1 aliphatic rings. The van der Waals surface area contributed by atoms with Gasteiger partial charge in [-0.05, 0) is 64.4 Å². The summed E-state index contributed by atoms with van der Waals surface area (Å²) in [6.07, 6.45) is 1.57. The third-order valence-corrected chi connectivity index (χ3v) is 6.38. The first-order chi connectivity index (χ1) is 15.2. The number of nitrogens with one attached hydrogen (secondary N) is 1. The van der Waals surface area contributed by atoms with Gasteiger partial charge in [-0.2, -0.15) is 0 Å². The summed E-state index contributed by atoms with van der Waals surface area (Å²) in [6, 6.07) is 5.38. The average Bonchev–Trinajstić information content (AvgIpc) is 3.42. The highest BCUT2D eigenvalue weighted by Gasteiger charge is 2.43. The molecule has 2 N–H and O–H groups in total. The minimum absolute atomic E-state index is 0.0351. The molecule has 4 rings (SSSR count). The smallest absolute Gasteiger partial charge is 0.161 e. The Balaban J connectivity index is 1.80. The Morgan fingerprint density at radius 1 is 1.25 bits per heavy atom. The van der Waals surface area contributed by atoms with Crippen LogP contribution < -0.4 is 10.1 Å². The van der Waals surface area contributed by atoms with Crippen LogP contribution in [0.1, 0.15) is 42.5 Å². The Morgan fingerprint density at radius 3 is 2.62 bits per heavy atom. The Bertz CT molecular complexity index is 1120. The van der Waals surface area contributed by atoms with Gasteiger partial charge in [0.2, 0.25) is 0 Å². The molecule has 32 heavy (non-hydrogen) atoms. The topological polar surface area (TPSA) is 93.3 Å². The van der Waals surface area contributed by atoms with Crippen LogP contribution in [0.2, 0.25) is 5.02 Å². The van der Waals surface area contributed by atoms with Crippen molar-refractivity contribution in [2.75, 3.05) is 20.2 Å². The Hall–Kier alpha value is -2.48. The summed E-state index contributed by atoms with van der Waals surface area (Å²) < 4.78 is 11.2. The number of aliphatic hydroxyl groups excluding tert-OH is 1. The van der Waals surface area contributed by atoms with Crippen LogP contribution >= 0.6 is 11.6 Å². The summed E-state index contributed by atoms with van der Waals surface area (Å²) in [6.45, 7) is 8.73. The normalized spacial score (nSPS) is 15.6. The van der Waals surface area contributed by atoms with Gasteiger partial charge in [0.15, 0.2) is 5.82 Å². The van der Waals surface area contributed by atoms with Crippen molar-refractivity contribution < 1.29 is 14.4 Å². The fourth-order valence-corrected chi connectivity index (χ4v) is 4.17. The number of hydrogen-bond acceptors (Lipinski definition) is 7. The van der Waals surface area contributed by atoms with E-state index in [-0.39, 0.29) is 12.0 Å². The number of rotatable bonds is 8. The van der Waals surface area contributed by atoms with Crippen molar-refractivity contribution in [2.24, 2.45) is 0 Å². The van der Waals surface area contributed by atoms with E-state index in [1.165, 1.54) is 0 Å². The summed E-state index contributed by atoms with van der Waals surface area (Å²) in [5.41, 5.74) is 5.31. The predicted octanol–water partition coefficient (Wildman–Crippen LogP) is 4.39. The van der Waals surface area contributed by atoms with Gasteiger partial charge in [-0.3, -0.25) is 0 Å². The second-order valence-corrected chi connectivity index (χ2v) is 9.20. The van der Waals surface area contributed by atoms with E-state index >= 15 is 0 Å². The molecule has 0 aliphatic heterocycles. The summed E-state index contributed by atoms with van der Waals surface area (Å²) in [4.78, 5) is 9.90. The molecule has 1 atom stereocenters. The lowest BCUT2D eigenvalue weighted by molar-refractivity contribution is 0.108. The molecule has 0 unspecified atom stereocenters. The van der Waals surface area contributed by atoms with Gasteiger partial charge in [-0.25, -0.2) is 9.97 Å². The van der Waals surface area contributed by atoms with Crippen LogP contribution in [0.4, 0.5) is 0 Å². The molecule has 1 aromatic carbocycles. The number of benzene rings is 1. The maximum Gasteiger partial charge on any atom is 0.161 e. The van der Waals surface area contributed by atoms with Crippen LogP contribution in [0, 0.1) is 20.8 Å². The van der Waals surface area contributed by atoms with Crippen molar-refractivity contribution in [3.8, 4) is 28.4 Å². The third-order valence-electron chi connectivity index (χ3n) is 6.05. The number of halogens is 1. The van der Waals surface area contributed by atoms with Crippen molar-refractivity contribution in [3.63, 3.8) is 0 Å². The average molecular weight is 457 g/mol. The van der Waals surface area contributed by atoms with Crippen molar-refractivity contribution >= 4 is 11.6 Å². The van der Waals surface area contributed by atoms with E-state index in [1.807, 2.05) is 19.9 Å². The summed E-state index contributed by atoms with van der Waals surface area (Å²) >= 11 is 6.58. The first kappa shape index (κ1) is 22.7. The second-order valence-electron chi connectivity index (χ2n) is 8.79. The molecule has 1 fully saturated rings. The number of likely N-dealkylation sites (N-methyl/N-ethyl adjacent to an activating group) is 1. The first-order valence-electron chi connectivity index (χ1n) is 10.8. The Morgan fingerprint density at radius 2 is 2.00 bits per heavy atom. The summed E-state index contributed by atoms with van der Waals surface area (Å²) in [7, 11) is 1.78. The van der Waals surface area contributed by atoms with Gasteiger partial charge in [0, 0.05) is 17.5 Å². The predicted molar refractivity (Wildman–Crippen MR) is 124 cm³/mol. The van der Waals surface area contributed by atoms with E-state index in [0.717, 1.165) is 46.8 Å². The molecule has 170 valence electrons. The van der Waals surface area contributed by atoms with E-state index in [2.05, 4.69) is 24.3 Å². The van der Waals surface area contributed by atoms with Crippen LogP contribution in [0.5, 0.6) is 5.75 Å². The third kappa shape index (κ3) is 4.37. The monoisotopic (exact) mass is 456 g/mol. The molecule has 1 aliphatic carbocycles. The van der Waals surface area contributed by atoms with Gasteiger partial charge in [0.25, 0.3) is 0 Å². The van der Waals surface area contributed by atoms with E-state index in [4.69, 9.17) is 30.8 Å². The van der Waals surface area contributed by atoms with Gasteiger partial charge < -0.3 is 19.7 Å². The lowest BCUT2D eigenvalue weighted by Gasteiger charge is -2.18. The minimum atomic E-state index is -0.609. The first-order valence-corrected chi connectivity index (χ1v) is 11.2. The minimum Gasteiger partial charge on any atom is -0.491 e. The number of aliphatic hydroxyl groups is 1. The molecule has 8 heteroatoms. The molecule has 0 radical (unpaired) electrons. The largest absolute Gasteiger partial charge is 0.491 e. The van der Waals surface area contributed by atoms with Crippen molar-refractivity contribution in [3.05, 3.63) is 45.9 Å². The zero-order valence-electron chi connectivity index (χ0n) is 19.1. The highest BCUT2D eigenvalue weighted by molar-refractivity contribution is 6.33. The van der Waals surface area contributed by atoms with Crippen LogP contribution in [-0.2, 0) is 5.41 Å². The molecule has 2 aromatic heterocycles. The number of hydrogen-bond donors (Lipinski definition) is 2. The fourth-order valence-electron chi connectivity index (χ4n) is 3.97. The van der Waals surface area contributed by atoms with Crippen LogP contribution in [0.15, 0.2) is 22.7 Å². The number of ether oxygens (including phenoxy) is 1. The van der Waals surface area contributed by atoms with Gasteiger partial charge in [0.1, 0.15) is 24.2 Å². The molecule has 0 amide bonds. The van der Waals surface area contributed by atoms with E-state index in [9.17, 15) is 5.11 Å². The molecule has 7 nitrogen and oxygen atoms in total. The van der Waals surface area contributed by atoms with Crippen LogP contribution in [0.3, 0.4) is 0 Å². The molecule has 0 bridgehead atoms. The number of nitrogens with zero attached hydrogens (tertiary/aromatic N) is 3. The van der Waals surface area contributed by atoms with Gasteiger partial charge >= 0.3 is 0 Å². The highest BCUT2D eigenvalue weighted by Crippen LogP contribution is 2.49. The molecule has 0 spiro atoms. The van der Waals surface area contributed by atoms with E-state index in [0.29, 0.717) is 28.7 Å². The van der Waals surface area contributed by atoms with Crippen molar-refractivity contribution in [1.82, 2.24) is 20.4 Å². The molecular formula is C24H29ClN4O3. The van der Waals surface area contributed by atoms with Crippen molar-refractivity contribution in [1.29, 1.82) is 0 Å².